The lowest BCUT2D eigenvalue weighted by Gasteiger charge is -2.17. The van der Waals surface area contributed by atoms with E-state index < -0.39 is 5.60 Å². The van der Waals surface area contributed by atoms with E-state index in [1.54, 1.807) is 13.0 Å². The summed E-state index contributed by atoms with van der Waals surface area (Å²) >= 11 is 0. The van der Waals surface area contributed by atoms with Crippen LogP contribution >= 0.6 is 0 Å². The van der Waals surface area contributed by atoms with Gasteiger partial charge in [-0.25, -0.2) is 0 Å². The summed E-state index contributed by atoms with van der Waals surface area (Å²) in [5, 5.41) is 9.60. The fourth-order valence-corrected chi connectivity index (χ4v) is 1.26. The van der Waals surface area contributed by atoms with Gasteiger partial charge in [-0.05, 0) is 33.6 Å². The first kappa shape index (κ1) is 9.75. The number of ether oxygens (including phenoxy) is 1. The van der Waals surface area contributed by atoms with Crippen molar-refractivity contribution in [3.63, 3.8) is 0 Å². The Morgan fingerprint density at radius 1 is 1.67 bits per heavy atom. The topological polar surface area (TPSA) is 32.8 Å². The minimum atomic E-state index is -0.734. The van der Waals surface area contributed by atoms with Crippen LogP contribution in [0.4, 0.5) is 0 Å². The van der Waals surface area contributed by atoms with Crippen LogP contribution in [0, 0.1) is 0 Å². The molecule has 70 valence electrons. The first-order valence-corrected chi connectivity index (χ1v) is 4.41. The maximum atomic E-state index is 9.60. The van der Waals surface area contributed by atoms with Gasteiger partial charge in [0.05, 0.1) is 17.3 Å². The molecule has 0 aromatic rings. The molecular weight excluding hydrogens is 152 g/mol. The molecule has 1 heterocycles. The van der Waals surface area contributed by atoms with Crippen molar-refractivity contribution >= 4 is 0 Å². The molecule has 0 radical (unpaired) electrons. The fraction of sp³-hybridized carbons (Fsp3) is 0.800. The summed E-state index contributed by atoms with van der Waals surface area (Å²) in [6.45, 7) is 9.49. The molecule has 0 bridgehead atoms. The summed E-state index contributed by atoms with van der Waals surface area (Å²) in [6, 6.07) is 0. The zero-order valence-electron chi connectivity index (χ0n) is 8.13. The van der Waals surface area contributed by atoms with E-state index in [2.05, 4.69) is 20.4 Å². The Kier molecular flexibility index (Phi) is 2.32. The van der Waals surface area contributed by atoms with Gasteiger partial charge in [-0.3, -0.25) is 0 Å². The van der Waals surface area contributed by atoms with Gasteiger partial charge in [0, 0.05) is 0 Å². The van der Waals surface area contributed by atoms with Crippen LogP contribution in [0.3, 0.4) is 0 Å². The zero-order valence-corrected chi connectivity index (χ0v) is 8.13. The molecule has 1 rings (SSSR count). The summed E-state index contributed by atoms with van der Waals surface area (Å²) in [4.78, 5) is 0. The average molecular weight is 170 g/mol. The number of hydrogen-bond donors (Lipinski definition) is 1. The molecule has 0 unspecified atom stereocenters. The fourth-order valence-electron chi connectivity index (χ4n) is 1.26. The molecule has 1 fully saturated rings. The van der Waals surface area contributed by atoms with Crippen LogP contribution < -0.4 is 0 Å². The van der Waals surface area contributed by atoms with Gasteiger partial charge in [0.1, 0.15) is 0 Å². The van der Waals surface area contributed by atoms with Gasteiger partial charge in [0.25, 0.3) is 0 Å². The number of hydrogen-bond acceptors (Lipinski definition) is 2. The molecule has 0 amide bonds. The van der Waals surface area contributed by atoms with E-state index in [4.69, 9.17) is 4.74 Å². The van der Waals surface area contributed by atoms with Gasteiger partial charge in [0.15, 0.2) is 0 Å². The second-order valence-corrected chi connectivity index (χ2v) is 4.31. The van der Waals surface area contributed by atoms with Crippen LogP contribution in [0.25, 0.3) is 0 Å². The molecule has 2 heteroatoms. The third kappa shape index (κ3) is 2.32. The molecule has 2 atom stereocenters. The van der Waals surface area contributed by atoms with Crippen molar-refractivity contribution in [1.29, 1.82) is 0 Å². The van der Waals surface area contributed by atoms with Crippen LogP contribution in [-0.2, 0) is 4.74 Å². The highest BCUT2D eigenvalue weighted by atomic mass is 16.6. The number of rotatable bonds is 4. The minimum Gasteiger partial charge on any atom is -0.386 e. The standard InChI is InChI=1S/C10H18O2/c1-5-10(4,11)7-6-8-9(2,3)12-8/h5,8,11H,1,6-7H2,2-4H3/t8-,10-/m0/s1. The van der Waals surface area contributed by atoms with E-state index in [0.717, 1.165) is 12.8 Å². The minimum absolute atomic E-state index is 0.0389. The Bertz CT molecular complexity index is 182. The average Bonchev–Trinajstić information content (AvgIpc) is 2.56. The quantitative estimate of drug-likeness (QED) is 0.516. The molecule has 0 aromatic heterocycles. The monoisotopic (exact) mass is 170 g/mol. The Balaban J connectivity index is 2.24. The molecule has 1 N–H and O–H groups in total. The second kappa shape index (κ2) is 2.86. The summed E-state index contributed by atoms with van der Waals surface area (Å²) in [7, 11) is 0. The van der Waals surface area contributed by atoms with Gasteiger partial charge in [0.2, 0.25) is 0 Å². The molecular formula is C10H18O2. The van der Waals surface area contributed by atoms with Gasteiger partial charge < -0.3 is 9.84 Å². The molecule has 0 spiro atoms. The van der Waals surface area contributed by atoms with Crippen molar-refractivity contribution in [2.75, 3.05) is 0 Å². The third-order valence-corrected chi connectivity index (χ3v) is 2.52. The van der Waals surface area contributed by atoms with Gasteiger partial charge >= 0.3 is 0 Å². The van der Waals surface area contributed by atoms with E-state index in [9.17, 15) is 5.11 Å². The lowest BCUT2D eigenvalue weighted by molar-refractivity contribution is 0.0967. The van der Waals surface area contributed by atoms with Crippen molar-refractivity contribution in [1.82, 2.24) is 0 Å². The molecule has 0 aromatic carbocycles. The molecule has 0 saturated carbocycles. The van der Waals surface area contributed by atoms with Crippen molar-refractivity contribution < 1.29 is 9.84 Å². The Morgan fingerprint density at radius 3 is 2.50 bits per heavy atom. The molecule has 1 aliphatic heterocycles. The normalized spacial score (nSPS) is 30.8. The maximum Gasteiger partial charge on any atom is 0.0892 e. The first-order chi connectivity index (χ1) is 5.37. The SMILES string of the molecule is C=C[C@](C)(O)CC[C@@H]1OC1(C)C. The summed E-state index contributed by atoms with van der Waals surface area (Å²) in [5.41, 5.74) is -0.695. The Labute approximate surface area is 74.2 Å². The van der Waals surface area contributed by atoms with E-state index in [0.29, 0.717) is 6.10 Å². The first-order valence-electron chi connectivity index (χ1n) is 4.41. The highest BCUT2D eigenvalue weighted by Crippen LogP contribution is 2.39. The Hall–Kier alpha value is -0.340. The Morgan fingerprint density at radius 2 is 2.17 bits per heavy atom. The van der Waals surface area contributed by atoms with Crippen molar-refractivity contribution in [3.8, 4) is 0 Å². The summed E-state index contributed by atoms with van der Waals surface area (Å²) < 4.78 is 5.40. The predicted molar refractivity (Wildman–Crippen MR) is 49.0 cm³/mol. The van der Waals surface area contributed by atoms with E-state index in [-0.39, 0.29) is 5.60 Å². The molecule has 0 aliphatic carbocycles. The number of aliphatic hydroxyl groups is 1. The van der Waals surface area contributed by atoms with E-state index in [1.165, 1.54) is 0 Å². The molecule has 12 heavy (non-hydrogen) atoms. The molecule has 1 aliphatic rings. The highest BCUT2D eigenvalue weighted by molar-refractivity contribution is 4.98. The van der Waals surface area contributed by atoms with E-state index in [1.807, 2.05) is 0 Å². The van der Waals surface area contributed by atoms with Crippen molar-refractivity contribution in [2.24, 2.45) is 0 Å². The summed E-state index contributed by atoms with van der Waals surface area (Å²) in [6.07, 6.45) is 3.54. The van der Waals surface area contributed by atoms with Crippen LogP contribution in [0.2, 0.25) is 0 Å². The predicted octanol–water partition coefficient (Wildman–Crippen LogP) is 1.88. The molecule has 1 saturated heterocycles. The summed E-state index contributed by atoms with van der Waals surface area (Å²) in [5.74, 6) is 0. The van der Waals surface area contributed by atoms with Gasteiger partial charge in [-0.2, -0.15) is 0 Å². The third-order valence-electron chi connectivity index (χ3n) is 2.52. The maximum absolute atomic E-state index is 9.60. The largest absolute Gasteiger partial charge is 0.386 e. The lowest BCUT2D eigenvalue weighted by Crippen LogP contribution is -2.21. The lowest BCUT2D eigenvalue weighted by atomic mass is 9.96. The van der Waals surface area contributed by atoms with Crippen molar-refractivity contribution in [3.05, 3.63) is 12.7 Å². The smallest absolute Gasteiger partial charge is 0.0892 e. The highest BCUT2D eigenvalue weighted by Gasteiger charge is 2.47. The second-order valence-electron chi connectivity index (χ2n) is 4.31. The van der Waals surface area contributed by atoms with Crippen molar-refractivity contribution in [2.45, 2.75) is 50.9 Å². The van der Waals surface area contributed by atoms with Gasteiger partial charge in [-0.1, -0.05) is 6.08 Å². The van der Waals surface area contributed by atoms with Crippen LogP contribution in [0.1, 0.15) is 33.6 Å². The zero-order chi connectivity index (χ0) is 9.41. The van der Waals surface area contributed by atoms with Gasteiger partial charge in [-0.15, -0.1) is 6.58 Å². The molecule has 2 nitrogen and oxygen atoms in total. The van der Waals surface area contributed by atoms with E-state index >= 15 is 0 Å². The van der Waals surface area contributed by atoms with Crippen LogP contribution in [0.15, 0.2) is 12.7 Å². The van der Waals surface area contributed by atoms with Crippen LogP contribution in [0.5, 0.6) is 0 Å². The number of epoxide rings is 1. The van der Waals surface area contributed by atoms with Crippen LogP contribution in [-0.4, -0.2) is 22.4 Å².